The molecule has 16 heavy (non-hydrogen) atoms. The molecule has 0 radical (unpaired) electrons. The quantitative estimate of drug-likeness (QED) is 0.731. The van der Waals surface area contributed by atoms with Crippen molar-refractivity contribution >= 4 is 5.69 Å². The molecule has 2 aromatic rings. The van der Waals surface area contributed by atoms with Crippen LogP contribution >= 0.6 is 0 Å². The van der Waals surface area contributed by atoms with Crippen LogP contribution in [0.2, 0.25) is 0 Å². The first-order chi connectivity index (χ1) is 7.68. The monoisotopic (exact) mass is 211 g/mol. The van der Waals surface area contributed by atoms with E-state index in [0.717, 1.165) is 0 Å². The normalized spacial score (nSPS) is 10.2. The zero-order chi connectivity index (χ0) is 11.5. The Morgan fingerprint density at radius 2 is 1.62 bits per heavy atom. The van der Waals surface area contributed by atoms with E-state index in [1.807, 2.05) is 0 Å². The second-order valence-electron chi connectivity index (χ2n) is 4.28. The number of benzene rings is 2. The highest BCUT2D eigenvalue weighted by atomic mass is 15.1. The third-order valence-corrected chi connectivity index (χ3v) is 2.71. The molecule has 0 aromatic heterocycles. The third-order valence-electron chi connectivity index (χ3n) is 2.71. The predicted octanol–water partition coefficient (Wildman–Crippen LogP) is 3.73. The van der Waals surface area contributed by atoms with Crippen molar-refractivity contribution in [3.8, 4) is 11.1 Å². The lowest BCUT2D eigenvalue weighted by Gasteiger charge is -2.17. The van der Waals surface area contributed by atoms with Crippen molar-refractivity contribution in [1.82, 2.24) is 0 Å². The Morgan fingerprint density at radius 1 is 0.875 bits per heavy atom. The lowest BCUT2D eigenvalue weighted by atomic mass is 10.0. The Balaban J connectivity index is 2.55. The Bertz CT molecular complexity index is 486. The van der Waals surface area contributed by atoms with Crippen molar-refractivity contribution in [2.45, 2.75) is 6.92 Å². The van der Waals surface area contributed by atoms with E-state index in [-0.39, 0.29) is 0 Å². The molecule has 0 heterocycles. The second-order valence-corrected chi connectivity index (χ2v) is 4.28. The van der Waals surface area contributed by atoms with E-state index in [1.54, 1.807) is 0 Å². The van der Waals surface area contributed by atoms with Crippen LogP contribution < -0.4 is 4.90 Å². The third kappa shape index (κ3) is 2.08. The molecule has 0 fully saturated rings. The molecule has 0 saturated carbocycles. The van der Waals surface area contributed by atoms with Crippen molar-refractivity contribution in [3.63, 3.8) is 0 Å². The molecule has 2 rings (SSSR count). The first-order valence-electron chi connectivity index (χ1n) is 5.52. The smallest absolute Gasteiger partial charge is 0.0440 e. The predicted molar refractivity (Wildman–Crippen MR) is 70.9 cm³/mol. The number of rotatable bonds is 2. The summed E-state index contributed by atoms with van der Waals surface area (Å²) in [7, 11) is 4.16. The fourth-order valence-electron chi connectivity index (χ4n) is 1.92. The zero-order valence-corrected chi connectivity index (χ0v) is 10.1. The number of nitrogens with zero attached hydrogens (tertiary/aromatic N) is 1. The van der Waals surface area contributed by atoms with Gasteiger partial charge in [-0.3, -0.25) is 0 Å². The van der Waals surface area contributed by atoms with Gasteiger partial charge in [0.05, 0.1) is 0 Å². The van der Waals surface area contributed by atoms with Gasteiger partial charge in [0, 0.05) is 25.3 Å². The number of para-hydroxylation sites is 1. The fourth-order valence-corrected chi connectivity index (χ4v) is 1.92. The average molecular weight is 211 g/mol. The summed E-state index contributed by atoms with van der Waals surface area (Å²) in [4.78, 5) is 2.15. The van der Waals surface area contributed by atoms with E-state index in [4.69, 9.17) is 0 Å². The van der Waals surface area contributed by atoms with Crippen LogP contribution in [0, 0.1) is 6.92 Å². The minimum absolute atomic E-state index is 1.26. The maximum absolute atomic E-state index is 2.22. The summed E-state index contributed by atoms with van der Waals surface area (Å²) in [6.45, 7) is 2.13. The second kappa shape index (κ2) is 4.40. The van der Waals surface area contributed by atoms with Crippen LogP contribution in [0.1, 0.15) is 5.56 Å². The van der Waals surface area contributed by atoms with Crippen molar-refractivity contribution in [2.75, 3.05) is 19.0 Å². The fraction of sp³-hybridized carbons (Fsp3) is 0.200. The van der Waals surface area contributed by atoms with E-state index in [9.17, 15) is 0 Å². The molecule has 0 atom stereocenters. The summed E-state index contributed by atoms with van der Waals surface area (Å²) in [5, 5.41) is 0. The molecule has 0 N–H and O–H groups in total. The van der Waals surface area contributed by atoms with Gasteiger partial charge in [0.1, 0.15) is 0 Å². The van der Waals surface area contributed by atoms with Crippen LogP contribution in [0.3, 0.4) is 0 Å². The summed E-state index contributed by atoms with van der Waals surface area (Å²) in [6.07, 6.45) is 0. The molecular weight excluding hydrogens is 194 g/mol. The van der Waals surface area contributed by atoms with E-state index in [1.165, 1.54) is 22.4 Å². The highest BCUT2D eigenvalue weighted by Gasteiger charge is 2.05. The summed E-state index contributed by atoms with van der Waals surface area (Å²) < 4.78 is 0. The average Bonchev–Trinajstić information content (AvgIpc) is 2.29. The Labute approximate surface area is 97.3 Å². The van der Waals surface area contributed by atoms with Gasteiger partial charge in [-0.1, -0.05) is 48.0 Å². The molecule has 82 valence electrons. The first kappa shape index (κ1) is 10.7. The summed E-state index contributed by atoms with van der Waals surface area (Å²) >= 11 is 0. The van der Waals surface area contributed by atoms with E-state index >= 15 is 0 Å². The molecule has 0 aliphatic rings. The molecule has 2 aromatic carbocycles. The largest absolute Gasteiger partial charge is 0.377 e. The van der Waals surface area contributed by atoms with Crippen LogP contribution in [0.5, 0.6) is 0 Å². The molecule has 0 unspecified atom stereocenters. The molecule has 0 bridgehead atoms. The molecule has 0 amide bonds. The number of anilines is 1. The molecular formula is C15H17N. The SMILES string of the molecule is Cc1cccc(-c2ccccc2N(C)C)c1. The number of hydrogen-bond donors (Lipinski definition) is 0. The van der Waals surface area contributed by atoms with Gasteiger partial charge in [0.2, 0.25) is 0 Å². The Hall–Kier alpha value is -1.76. The number of aryl methyl sites for hydroxylation is 1. The highest BCUT2D eigenvalue weighted by molar-refractivity contribution is 5.78. The van der Waals surface area contributed by atoms with Crippen LogP contribution in [0.4, 0.5) is 5.69 Å². The minimum Gasteiger partial charge on any atom is -0.377 e. The Kier molecular flexibility index (Phi) is 2.95. The first-order valence-corrected chi connectivity index (χ1v) is 5.52. The van der Waals surface area contributed by atoms with Gasteiger partial charge < -0.3 is 4.90 Å². The minimum atomic E-state index is 1.26. The van der Waals surface area contributed by atoms with Gasteiger partial charge >= 0.3 is 0 Å². The standard InChI is InChI=1S/C15H17N/c1-12-7-6-8-13(11-12)14-9-4-5-10-15(14)16(2)3/h4-11H,1-3H3. The van der Waals surface area contributed by atoms with E-state index in [2.05, 4.69) is 74.4 Å². The van der Waals surface area contributed by atoms with Gasteiger partial charge in [0.25, 0.3) is 0 Å². The van der Waals surface area contributed by atoms with Gasteiger partial charge in [-0.15, -0.1) is 0 Å². The van der Waals surface area contributed by atoms with Crippen molar-refractivity contribution < 1.29 is 0 Å². The number of hydrogen-bond acceptors (Lipinski definition) is 1. The maximum Gasteiger partial charge on any atom is 0.0440 e. The highest BCUT2D eigenvalue weighted by Crippen LogP contribution is 2.29. The molecule has 1 heteroatoms. The van der Waals surface area contributed by atoms with Gasteiger partial charge in [-0.05, 0) is 18.6 Å². The molecule has 0 spiro atoms. The van der Waals surface area contributed by atoms with E-state index in [0.29, 0.717) is 0 Å². The molecule has 0 saturated heterocycles. The van der Waals surface area contributed by atoms with Crippen LogP contribution in [0.15, 0.2) is 48.5 Å². The summed E-state index contributed by atoms with van der Waals surface area (Å²) in [6, 6.07) is 17.1. The van der Waals surface area contributed by atoms with Crippen LogP contribution in [-0.2, 0) is 0 Å². The summed E-state index contributed by atoms with van der Waals surface area (Å²) in [5.74, 6) is 0. The topological polar surface area (TPSA) is 3.24 Å². The van der Waals surface area contributed by atoms with Crippen LogP contribution in [-0.4, -0.2) is 14.1 Å². The lowest BCUT2D eigenvalue weighted by molar-refractivity contribution is 1.13. The van der Waals surface area contributed by atoms with E-state index < -0.39 is 0 Å². The molecule has 0 aliphatic carbocycles. The Morgan fingerprint density at radius 3 is 2.31 bits per heavy atom. The molecule has 0 aliphatic heterocycles. The lowest BCUT2D eigenvalue weighted by Crippen LogP contribution is -2.09. The van der Waals surface area contributed by atoms with Gasteiger partial charge in [-0.25, -0.2) is 0 Å². The van der Waals surface area contributed by atoms with Crippen molar-refractivity contribution in [1.29, 1.82) is 0 Å². The van der Waals surface area contributed by atoms with Gasteiger partial charge in [-0.2, -0.15) is 0 Å². The maximum atomic E-state index is 2.22. The molecule has 1 nitrogen and oxygen atoms in total. The van der Waals surface area contributed by atoms with Gasteiger partial charge in [0.15, 0.2) is 0 Å². The summed E-state index contributed by atoms with van der Waals surface area (Å²) in [5.41, 5.74) is 5.12. The van der Waals surface area contributed by atoms with Crippen molar-refractivity contribution in [3.05, 3.63) is 54.1 Å². The van der Waals surface area contributed by atoms with Crippen molar-refractivity contribution in [2.24, 2.45) is 0 Å². The zero-order valence-electron chi connectivity index (χ0n) is 10.1. The van der Waals surface area contributed by atoms with Crippen LogP contribution in [0.25, 0.3) is 11.1 Å².